The van der Waals surface area contributed by atoms with Crippen LogP contribution >= 0.6 is 22.9 Å². The van der Waals surface area contributed by atoms with Crippen molar-refractivity contribution in [3.8, 4) is 22.1 Å². The van der Waals surface area contributed by atoms with Crippen LogP contribution < -0.4 is 19.4 Å². The van der Waals surface area contributed by atoms with E-state index in [0.29, 0.717) is 46.7 Å². The number of imide groups is 2. The van der Waals surface area contributed by atoms with Crippen LogP contribution in [0.3, 0.4) is 0 Å². The molecule has 3 saturated heterocycles. The normalized spacial score (nSPS) is 25.3. The molecule has 1 saturated carbocycles. The molecule has 0 bridgehead atoms. The number of halogens is 1. The number of hydrogen-bond donors (Lipinski definition) is 1. The summed E-state index contributed by atoms with van der Waals surface area (Å²) in [5, 5.41) is 18.5. The number of rotatable bonds is 8. The maximum atomic E-state index is 15.4. The Balaban J connectivity index is 0.973. The number of benzene rings is 4. The minimum absolute atomic E-state index is 0.0955. The van der Waals surface area contributed by atoms with Crippen LogP contribution in [0.5, 0.6) is 11.5 Å². The lowest BCUT2D eigenvalue weighted by Gasteiger charge is -2.49. The van der Waals surface area contributed by atoms with Crippen molar-refractivity contribution in [1.29, 1.82) is 0 Å². The zero-order chi connectivity index (χ0) is 44.9. The number of phenols is 1. The summed E-state index contributed by atoms with van der Waals surface area (Å²) in [5.41, 5.74) is 3.89. The predicted octanol–water partition coefficient (Wildman–Crippen LogP) is 8.82. The second-order valence-corrected chi connectivity index (χ2v) is 19.5. The van der Waals surface area contributed by atoms with Gasteiger partial charge in [-0.25, -0.2) is 4.90 Å². The highest BCUT2D eigenvalue weighted by atomic mass is 35.5. The van der Waals surface area contributed by atoms with Gasteiger partial charge in [0, 0.05) is 59.2 Å². The van der Waals surface area contributed by atoms with E-state index in [4.69, 9.17) is 26.2 Å². The predicted molar refractivity (Wildman–Crippen MR) is 249 cm³/mol. The fourth-order valence-electron chi connectivity index (χ4n) is 11.3. The Morgan fingerprint density at radius 2 is 1.63 bits per heavy atom. The minimum Gasteiger partial charge on any atom is -0.508 e. The van der Waals surface area contributed by atoms with Crippen LogP contribution in [0, 0.1) is 36.0 Å². The Labute approximate surface area is 384 Å². The first-order valence-electron chi connectivity index (χ1n) is 22.0. The lowest BCUT2D eigenvalue weighted by atomic mass is 9.51. The molecule has 6 atom stereocenters. The van der Waals surface area contributed by atoms with Gasteiger partial charge in [-0.2, -0.15) is 5.10 Å². The number of ether oxygens (including phenoxy) is 2. The fourth-order valence-corrected chi connectivity index (χ4v) is 12.6. The molecule has 0 unspecified atom stereocenters. The van der Waals surface area contributed by atoms with Gasteiger partial charge in [-0.1, -0.05) is 59.6 Å². The van der Waals surface area contributed by atoms with Gasteiger partial charge in [0.2, 0.25) is 23.6 Å². The first-order valence-corrected chi connectivity index (χ1v) is 23.2. The molecular weight excluding hydrogens is 862 g/mol. The van der Waals surface area contributed by atoms with Crippen molar-refractivity contribution < 1.29 is 33.8 Å². The first kappa shape index (κ1) is 41.4. The third-order valence-corrected chi connectivity index (χ3v) is 16.1. The lowest BCUT2D eigenvalue weighted by molar-refractivity contribution is -0.131. The van der Waals surface area contributed by atoms with Crippen molar-refractivity contribution in [2.24, 2.45) is 36.1 Å². The lowest BCUT2D eigenvalue weighted by Crippen LogP contribution is -2.49. The maximum absolute atomic E-state index is 15.4. The standard InChI is InChI=1S/C51H46ClN5O7S/c1-28-37-23-30(52)9-18-42(37)65-46(28)40-26-43(54(3)53-40)57-48(60)39-25-38-34(45(51(39,2)50(57)62)35-15-14-33(24-41(35)58)64-27-29-7-5-4-6-8-29)16-17-36-44(38)49(61)56(47(36)59)32-12-10-31(11-13-32)55-19-21-63-22-20-55/h4-16,18,23-24,26,36,38-39,44-45,58H,17,19-22,25,27H2,1-3H3/t36-,38+,39-,44-,45+,51+/m0/s1. The summed E-state index contributed by atoms with van der Waals surface area (Å²) in [6, 6.07) is 29.8. The molecule has 11 rings (SSSR count). The number of aromatic nitrogens is 2. The van der Waals surface area contributed by atoms with E-state index >= 15 is 9.59 Å². The maximum Gasteiger partial charge on any atom is 0.242 e. The Kier molecular flexibility index (Phi) is 10.0. The molecule has 0 spiro atoms. The molecule has 330 valence electrons. The van der Waals surface area contributed by atoms with Crippen LogP contribution in [0.15, 0.2) is 109 Å². The van der Waals surface area contributed by atoms with Gasteiger partial charge >= 0.3 is 0 Å². The molecular formula is C51H46ClN5O7S. The van der Waals surface area contributed by atoms with Gasteiger partial charge in [-0.05, 0) is 97.7 Å². The Bertz CT molecular complexity index is 2980. The van der Waals surface area contributed by atoms with Crippen molar-refractivity contribution >= 4 is 73.8 Å². The average molecular weight is 908 g/mol. The van der Waals surface area contributed by atoms with Gasteiger partial charge in [-0.3, -0.25) is 28.8 Å². The van der Waals surface area contributed by atoms with Gasteiger partial charge in [0.25, 0.3) is 0 Å². The van der Waals surface area contributed by atoms with E-state index < -0.39 is 46.8 Å². The summed E-state index contributed by atoms with van der Waals surface area (Å²) in [4.78, 5) is 65.5. The molecule has 3 aliphatic heterocycles. The average Bonchev–Trinajstić information content (AvgIpc) is 3.99. The molecule has 2 aromatic heterocycles. The van der Waals surface area contributed by atoms with Crippen molar-refractivity contribution in [2.75, 3.05) is 41.0 Å². The summed E-state index contributed by atoms with van der Waals surface area (Å²) >= 11 is 7.93. The third kappa shape index (κ3) is 6.53. The number of fused-ring (bicyclic) bond motifs is 5. The molecule has 12 nitrogen and oxygen atoms in total. The molecule has 4 amide bonds. The minimum atomic E-state index is -1.38. The number of phenolic OH excluding ortho intramolecular Hbond substituents is 1. The molecule has 0 radical (unpaired) electrons. The molecule has 4 fully saturated rings. The van der Waals surface area contributed by atoms with Crippen molar-refractivity contribution in [2.45, 2.75) is 39.2 Å². The van der Waals surface area contributed by atoms with E-state index in [0.717, 1.165) is 50.4 Å². The highest BCUT2D eigenvalue weighted by Gasteiger charge is 2.68. The van der Waals surface area contributed by atoms with Crippen LogP contribution in [-0.2, 0) is 37.6 Å². The van der Waals surface area contributed by atoms with Crippen LogP contribution in [-0.4, -0.2) is 64.8 Å². The van der Waals surface area contributed by atoms with Gasteiger partial charge in [0.1, 0.15) is 29.6 Å². The van der Waals surface area contributed by atoms with E-state index in [2.05, 4.69) is 4.90 Å². The summed E-state index contributed by atoms with van der Waals surface area (Å²) in [7, 11) is 1.72. The summed E-state index contributed by atoms with van der Waals surface area (Å²) < 4.78 is 14.2. The van der Waals surface area contributed by atoms with Crippen molar-refractivity contribution in [3.05, 3.63) is 130 Å². The van der Waals surface area contributed by atoms with Crippen LogP contribution in [0.4, 0.5) is 17.2 Å². The number of morpholine rings is 1. The molecule has 5 heterocycles. The second-order valence-electron chi connectivity index (χ2n) is 18.0. The highest BCUT2D eigenvalue weighted by Crippen LogP contribution is 2.64. The summed E-state index contributed by atoms with van der Waals surface area (Å²) in [6.07, 6.45) is 2.44. The van der Waals surface area contributed by atoms with E-state index in [1.165, 1.54) is 9.80 Å². The van der Waals surface area contributed by atoms with E-state index in [-0.39, 0.29) is 37.0 Å². The SMILES string of the molecule is Cc1c(-c2cc(N3C(=O)[C@@H]4C[C@@H]5C(=CC[C@@H]6C(=O)N(c7ccc(N8CCOCC8)cc7)C(=O)[C@@H]65)[C@H](c5ccc(OCc6ccccc6)cc5O)[C@]4(C)C3=O)n(C)n2)sc2ccc(Cl)cc12. The number of amides is 4. The van der Waals surface area contributed by atoms with Crippen LogP contribution in [0.1, 0.15) is 42.4 Å². The summed E-state index contributed by atoms with van der Waals surface area (Å²) in [6.45, 7) is 6.87. The molecule has 2 aliphatic carbocycles. The monoisotopic (exact) mass is 907 g/mol. The van der Waals surface area contributed by atoms with Crippen molar-refractivity contribution in [3.63, 3.8) is 0 Å². The molecule has 1 N–H and O–H groups in total. The smallest absolute Gasteiger partial charge is 0.242 e. The van der Waals surface area contributed by atoms with E-state index in [1.807, 2.05) is 92.7 Å². The second kappa shape index (κ2) is 15.7. The number of aromatic hydroxyl groups is 1. The third-order valence-electron chi connectivity index (χ3n) is 14.5. The molecule has 6 aromatic rings. The zero-order valence-electron chi connectivity index (χ0n) is 36.1. The number of thiophene rings is 1. The topological polar surface area (TPSA) is 135 Å². The van der Waals surface area contributed by atoms with Gasteiger partial charge in [-0.15, -0.1) is 11.3 Å². The van der Waals surface area contributed by atoms with Gasteiger partial charge in [0.05, 0.1) is 46.9 Å². The Morgan fingerprint density at radius 3 is 2.38 bits per heavy atom. The van der Waals surface area contributed by atoms with Crippen molar-refractivity contribution in [1.82, 2.24) is 9.78 Å². The Morgan fingerprint density at radius 1 is 0.877 bits per heavy atom. The number of allylic oxidation sites excluding steroid dienone is 2. The van der Waals surface area contributed by atoms with Crippen LogP contribution in [0.2, 0.25) is 5.02 Å². The first-order chi connectivity index (χ1) is 31.4. The summed E-state index contributed by atoms with van der Waals surface area (Å²) in [5.74, 6) is -4.47. The van der Waals surface area contributed by atoms with Gasteiger partial charge in [0.15, 0.2) is 0 Å². The number of aryl methyl sites for hydroxylation is 2. The molecule has 65 heavy (non-hydrogen) atoms. The number of carbonyl (C=O) groups excluding carboxylic acids is 4. The van der Waals surface area contributed by atoms with E-state index in [9.17, 15) is 14.7 Å². The fraction of sp³-hybridized carbons (Fsp3) is 0.314. The largest absolute Gasteiger partial charge is 0.508 e. The number of nitrogens with zero attached hydrogens (tertiary/aromatic N) is 5. The molecule has 5 aliphatic rings. The quantitative estimate of drug-likeness (QED) is 0.118. The highest BCUT2D eigenvalue weighted by molar-refractivity contribution is 7.22. The Hall–Kier alpha value is -6.28. The zero-order valence-corrected chi connectivity index (χ0v) is 37.6. The van der Waals surface area contributed by atoms with Crippen LogP contribution in [0.25, 0.3) is 20.7 Å². The van der Waals surface area contributed by atoms with Gasteiger partial charge < -0.3 is 19.5 Å². The number of anilines is 3. The number of hydrogen-bond acceptors (Lipinski definition) is 10. The molecule has 14 heteroatoms. The molecule has 4 aromatic carbocycles. The number of carbonyl (C=O) groups is 4. The van der Waals surface area contributed by atoms with E-state index in [1.54, 1.807) is 47.3 Å².